The predicted molar refractivity (Wildman–Crippen MR) is 50.6 cm³/mol. The predicted octanol–water partition coefficient (Wildman–Crippen LogP) is 0.891. The van der Waals surface area contributed by atoms with Crippen LogP contribution in [0, 0.1) is 0 Å². The molecule has 1 fully saturated rings. The number of aromatic nitrogens is 2. The third-order valence-electron chi connectivity index (χ3n) is 2.17. The van der Waals surface area contributed by atoms with E-state index in [1.807, 2.05) is 0 Å². The lowest BCUT2D eigenvalue weighted by molar-refractivity contribution is 0.0802. The van der Waals surface area contributed by atoms with Gasteiger partial charge in [0.25, 0.3) is 0 Å². The summed E-state index contributed by atoms with van der Waals surface area (Å²) >= 11 is 1.61. The average Bonchev–Trinajstić information content (AvgIpc) is 2.67. The van der Waals surface area contributed by atoms with E-state index < -0.39 is 0 Å². The van der Waals surface area contributed by atoms with Gasteiger partial charge in [-0.15, -0.1) is 10.2 Å². The molecule has 0 amide bonds. The average molecular weight is 199 g/mol. The molecule has 5 heteroatoms. The van der Waals surface area contributed by atoms with Gasteiger partial charge in [0.1, 0.15) is 10.0 Å². The maximum atomic E-state index is 5.47. The lowest BCUT2D eigenvalue weighted by Crippen LogP contribution is -2.15. The van der Waals surface area contributed by atoms with Crippen LogP contribution in [0.25, 0.3) is 0 Å². The molecule has 0 radical (unpaired) electrons. The van der Waals surface area contributed by atoms with Crippen molar-refractivity contribution < 1.29 is 4.74 Å². The van der Waals surface area contributed by atoms with Gasteiger partial charge >= 0.3 is 0 Å². The molecule has 0 saturated carbocycles. The van der Waals surface area contributed by atoms with Crippen LogP contribution in [0.4, 0.5) is 0 Å². The molecule has 13 heavy (non-hydrogen) atoms. The summed E-state index contributed by atoms with van der Waals surface area (Å²) in [6, 6.07) is 0. The molecule has 0 spiro atoms. The van der Waals surface area contributed by atoms with E-state index in [4.69, 9.17) is 10.5 Å². The van der Waals surface area contributed by atoms with Crippen molar-refractivity contribution in [2.75, 3.05) is 13.2 Å². The Morgan fingerprint density at radius 1 is 1.54 bits per heavy atom. The molecule has 1 aromatic rings. The van der Waals surface area contributed by atoms with E-state index >= 15 is 0 Å². The first-order valence-corrected chi connectivity index (χ1v) is 5.32. The van der Waals surface area contributed by atoms with E-state index in [0.29, 0.717) is 12.5 Å². The molecular weight excluding hydrogens is 186 g/mol. The van der Waals surface area contributed by atoms with E-state index in [1.54, 1.807) is 11.3 Å². The minimum atomic E-state index is 0.451. The van der Waals surface area contributed by atoms with Crippen LogP contribution >= 0.6 is 11.3 Å². The molecule has 72 valence electrons. The first-order chi connectivity index (χ1) is 6.40. The van der Waals surface area contributed by atoms with Crippen LogP contribution in [0.1, 0.15) is 28.8 Å². The third-order valence-corrected chi connectivity index (χ3v) is 3.27. The normalized spacial score (nSPS) is 23.3. The van der Waals surface area contributed by atoms with Crippen LogP contribution in [-0.4, -0.2) is 23.4 Å². The Labute approximate surface area is 81.1 Å². The van der Waals surface area contributed by atoms with Gasteiger partial charge in [-0.3, -0.25) is 0 Å². The molecule has 1 atom stereocenters. The van der Waals surface area contributed by atoms with Gasteiger partial charge in [0.05, 0.1) is 6.61 Å². The zero-order chi connectivity index (χ0) is 9.10. The standard InChI is InChI=1S/C8H13N3OS/c9-4-7-10-11-8(13-7)6-2-1-3-12-5-6/h6H,1-5,9H2. The number of nitrogens with two attached hydrogens (primary N) is 1. The summed E-state index contributed by atoms with van der Waals surface area (Å²) in [5.41, 5.74) is 5.47. The Hall–Kier alpha value is -0.520. The number of hydrogen-bond acceptors (Lipinski definition) is 5. The van der Waals surface area contributed by atoms with Crippen molar-refractivity contribution in [1.29, 1.82) is 0 Å². The minimum Gasteiger partial charge on any atom is -0.381 e. The molecule has 1 unspecified atom stereocenters. The Balaban J connectivity index is 2.05. The maximum absolute atomic E-state index is 5.47. The first-order valence-electron chi connectivity index (χ1n) is 4.50. The Morgan fingerprint density at radius 2 is 2.46 bits per heavy atom. The van der Waals surface area contributed by atoms with Crippen LogP contribution in [0.5, 0.6) is 0 Å². The zero-order valence-electron chi connectivity index (χ0n) is 7.40. The fraction of sp³-hybridized carbons (Fsp3) is 0.750. The fourth-order valence-electron chi connectivity index (χ4n) is 1.45. The molecule has 2 N–H and O–H groups in total. The van der Waals surface area contributed by atoms with Crippen molar-refractivity contribution in [3.63, 3.8) is 0 Å². The van der Waals surface area contributed by atoms with Crippen molar-refractivity contribution in [2.45, 2.75) is 25.3 Å². The lowest BCUT2D eigenvalue weighted by Gasteiger charge is -2.19. The SMILES string of the molecule is NCc1nnc(C2CCCOC2)s1. The van der Waals surface area contributed by atoms with Crippen molar-refractivity contribution >= 4 is 11.3 Å². The van der Waals surface area contributed by atoms with Crippen LogP contribution in [-0.2, 0) is 11.3 Å². The van der Waals surface area contributed by atoms with Gasteiger partial charge in [-0.05, 0) is 12.8 Å². The zero-order valence-corrected chi connectivity index (χ0v) is 8.22. The second-order valence-corrected chi connectivity index (χ2v) is 4.25. The van der Waals surface area contributed by atoms with Crippen LogP contribution in [0.3, 0.4) is 0 Å². The number of hydrogen-bond donors (Lipinski definition) is 1. The fourth-order valence-corrected chi connectivity index (χ4v) is 2.29. The van der Waals surface area contributed by atoms with Gasteiger partial charge < -0.3 is 10.5 Å². The summed E-state index contributed by atoms with van der Waals surface area (Å²) in [6.45, 7) is 2.17. The first kappa shape index (κ1) is 9.05. The third kappa shape index (κ3) is 2.04. The van der Waals surface area contributed by atoms with Crippen molar-refractivity contribution in [3.8, 4) is 0 Å². The van der Waals surface area contributed by atoms with Crippen molar-refractivity contribution in [1.82, 2.24) is 10.2 Å². The van der Waals surface area contributed by atoms with E-state index in [2.05, 4.69) is 10.2 Å². The summed E-state index contributed by atoms with van der Waals surface area (Å²) in [4.78, 5) is 0. The Morgan fingerprint density at radius 3 is 3.08 bits per heavy atom. The molecule has 0 bridgehead atoms. The molecule has 4 nitrogen and oxygen atoms in total. The van der Waals surface area contributed by atoms with Crippen LogP contribution < -0.4 is 5.73 Å². The number of ether oxygens (including phenoxy) is 1. The Kier molecular flexibility index (Phi) is 2.87. The summed E-state index contributed by atoms with van der Waals surface area (Å²) in [5, 5.41) is 10.1. The van der Waals surface area contributed by atoms with E-state index in [1.165, 1.54) is 6.42 Å². The quantitative estimate of drug-likeness (QED) is 0.768. The molecule has 2 heterocycles. The van der Waals surface area contributed by atoms with E-state index in [0.717, 1.165) is 29.6 Å². The molecule has 2 rings (SSSR count). The van der Waals surface area contributed by atoms with Crippen molar-refractivity contribution in [2.24, 2.45) is 5.73 Å². The highest BCUT2D eigenvalue weighted by Crippen LogP contribution is 2.27. The van der Waals surface area contributed by atoms with Gasteiger partial charge in [-0.25, -0.2) is 0 Å². The number of nitrogens with zero attached hydrogens (tertiary/aromatic N) is 2. The van der Waals surface area contributed by atoms with Gasteiger partial charge in [0.2, 0.25) is 0 Å². The minimum absolute atomic E-state index is 0.451. The van der Waals surface area contributed by atoms with Gasteiger partial charge in [0, 0.05) is 19.1 Å². The molecule has 1 saturated heterocycles. The van der Waals surface area contributed by atoms with E-state index in [-0.39, 0.29) is 0 Å². The monoisotopic (exact) mass is 199 g/mol. The van der Waals surface area contributed by atoms with Crippen LogP contribution in [0.2, 0.25) is 0 Å². The molecule has 0 aromatic carbocycles. The van der Waals surface area contributed by atoms with E-state index in [9.17, 15) is 0 Å². The topological polar surface area (TPSA) is 61.0 Å². The smallest absolute Gasteiger partial charge is 0.131 e. The van der Waals surface area contributed by atoms with Crippen molar-refractivity contribution in [3.05, 3.63) is 10.0 Å². The summed E-state index contributed by atoms with van der Waals surface area (Å²) in [5.74, 6) is 0.451. The number of rotatable bonds is 2. The summed E-state index contributed by atoms with van der Waals surface area (Å²) in [7, 11) is 0. The second-order valence-electron chi connectivity index (χ2n) is 3.15. The molecule has 0 aliphatic carbocycles. The van der Waals surface area contributed by atoms with Gasteiger partial charge in [-0.2, -0.15) is 0 Å². The van der Waals surface area contributed by atoms with Crippen LogP contribution in [0.15, 0.2) is 0 Å². The molecule has 1 aromatic heterocycles. The highest BCUT2D eigenvalue weighted by molar-refractivity contribution is 7.11. The Bertz CT molecular complexity index is 270. The second kappa shape index (κ2) is 4.13. The van der Waals surface area contributed by atoms with Gasteiger partial charge in [0.15, 0.2) is 0 Å². The van der Waals surface area contributed by atoms with Gasteiger partial charge in [-0.1, -0.05) is 11.3 Å². The molecule has 1 aliphatic rings. The largest absolute Gasteiger partial charge is 0.381 e. The maximum Gasteiger partial charge on any atom is 0.131 e. The molecule has 1 aliphatic heterocycles. The highest BCUT2D eigenvalue weighted by Gasteiger charge is 2.19. The lowest BCUT2D eigenvalue weighted by atomic mass is 10.0. The summed E-state index contributed by atoms with van der Waals surface area (Å²) < 4.78 is 5.39. The summed E-state index contributed by atoms with van der Waals surface area (Å²) in [6.07, 6.45) is 2.29. The molecular formula is C8H13N3OS. The highest BCUT2D eigenvalue weighted by atomic mass is 32.1.